The van der Waals surface area contributed by atoms with Crippen LogP contribution in [-0.4, -0.2) is 68.9 Å². The number of benzene rings is 2. The van der Waals surface area contributed by atoms with Crippen LogP contribution in [0.2, 0.25) is 5.02 Å². The molecular formula is C33H35ClN6O5. The summed E-state index contributed by atoms with van der Waals surface area (Å²) < 4.78 is 6.74. The molecule has 2 atom stereocenters. The van der Waals surface area contributed by atoms with E-state index in [1.54, 1.807) is 18.1 Å². The van der Waals surface area contributed by atoms with Crippen molar-refractivity contribution in [3.8, 4) is 28.3 Å². The summed E-state index contributed by atoms with van der Waals surface area (Å²) in [5.41, 5.74) is 4.52. The number of methoxy groups -OCH3 is 1. The molecule has 1 fully saturated rings. The minimum Gasteiger partial charge on any atom is -0.481 e. The Morgan fingerprint density at radius 1 is 1.09 bits per heavy atom. The second-order valence-corrected chi connectivity index (χ2v) is 11.3. The van der Waals surface area contributed by atoms with E-state index in [0.717, 1.165) is 26.9 Å². The number of nitrogens with zero attached hydrogens (tertiary/aromatic N) is 4. The number of β-amino-alcohol motifs (C(OH)–C–C–N with tert-alkyl or cyclic N) is 1. The van der Waals surface area contributed by atoms with Gasteiger partial charge in [0.2, 0.25) is 11.8 Å². The molecule has 11 nitrogen and oxygen atoms in total. The van der Waals surface area contributed by atoms with E-state index in [4.69, 9.17) is 21.3 Å². The maximum absolute atomic E-state index is 12.9. The van der Waals surface area contributed by atoms with E-state index in [9.17, 15) is 19.5 Å². The molecule has 0 saturated carbocycles. The Bertz CT molecular complexity index is 1810. The number of anilines is 1. The SMILES string of the molecule is COc1nc(-c2cccc(-c3cccc(NC(=O)c4ccnn(C)c4=O)c3C)c2Cl)ccc1CNC1CCN(C(C)=O)C[C@@H]1O. The second kappa shape index (κ2) is 13.6. The average molecular weight is 631 g/mol. The Morgan fingerprint density at radius 2 is 1.82 bits per heavy atom. The first-order valence-electron chi connectivity index (χ1n) is 14.5. The largest absolute Gasteiger partial charge is 0.481 e. The summed E-state index contributed by atoms with van der Waals surface area (Å²) in [7, 11) is 3.04. The Balaban J connectivity index is 1.37. The number of aliphatic hydroxyl groups excluding tert-OH is 1. The Labute approximate surface area is 265 Å². The molecule has 4 aromatic rings. The van der Waals surface area contributed by atoms with Crippen LogP contribution in [0, 0.1) is 6.92 Å². The fourth-order valence-corrected chi connectivity index (χ4v) is 5.82. The van der Waals surface area contributed by atoms with E-state index in [1.807, 2.05) is 49.4 Å². The molecule has 3 heterocycles. The summed E-state index contributed by atoms with van der Waals surface area (Å²) in [4.78, 5) is 43.4. The molecule has 1 saturated heterocycles. The van der Waals surface area contributed by atoms with E-state index >= 15 is 0 Å². The highest BCUT2D eigenvalue weighted by Crippen LogP contribution is 2.39. The van der Waals surface area contributed by atoms with Crippen LogP contribution in [0.25, 0.3) is 22.4 Å². The van der Waals surface area contributed by atoms with E-state index in [0.29, 0.717) is 53.9 Å². The molecule has 1 unspecified atom stereocenters. The second-order valence-electron chi connectivity index (χ2n) is 10.9. The first kappa shape index (κ1) is 31.8. The molecular weight excluding hydrogens is 596 g/mol. The zero-order valence-corrected chi connectivity index (χ0v) is 26.3. The van der Waals surface area contributed by atoms with Gasteiger partial charge in [0.1, 0.15) is 5.56 Å². The highest BCUT2D eigenvalue weighted by atomic mass is 35.5. The number of hydrogen-bond acceptors (Lipinski definition) is 8. The van der Waals surface area contributed by atoms with Gasteiger partial charge in [-0.2, -0.15) is 5.10 Å². The van der Waals surface area contributed by atoms with E-state index in [1.165, 1.54) is 26.2 Å². The summed E-state index contributed by atoms with van der Waals surface area (Å²) in [5, 5.41) is 21.1. The summed E-state index contributed by atoms with van der Waals surface area (Å²) in [5.74, 6) is -0.138. The number of carbonyl (C=O) groups is 2. The van der Waals surface area contributed by atoms with Crippen molar-refractivity contribution in [3.05, 3.63) is 92.9 Å². The number of aromatic nitrogens is 3. The first-order chi connectivity index (χ1) is 21.6. The minimum absolute atomic E-state index is 0.00875. The van der Waals surface area contributed by atoms with Crippen LogP contribution in [0.4, 0.5) is 5.69 Å². The lowest BCUT2D eigenvalue weighted by Gasteiger charge is -2.36. The minimum atomic E-state index is -0.666. The number of amides is 2. The highest BCUT2D eigenvalue weighted by Gasteiger charge is 2.28. The molecule has 0 bridgehead atoms. The van der Waals surface area contributed by atoms with Crippen molar-refractivity contribution in [2.75, 3.05) is 25.5 Å². The van der Waals surface area contributed by atoms with Gasteiger partial charge in [-0.05, 0) is 42.7 Å². The van der Waals surface area contributed by atoms with Gasteiger partial charge < -0.3 is 25.4 Å². The van der Waals surface area contributed by atoms with Crippen LogP contribution in [0.1, 0.15) is 34.8 Å². The van der Waals surface area contributed by atoms with Crippen LogP contribution >= 0.6 is 11.6 Å². The maximum atomic E-state index is 12.9. The third-order valence-corrected chi connectivity index (χ3v) is 8.52. The predicted molar refractivity (Wildman–Crippen MR) is 172 cm³/mol. The normalized spacial score (nSPS) is 16.4. The molecule has 0 aliphatic carbocycles. The number of piperidine rings is 1. The van der Waals surface area contributed by atoms with Gasteiger partial charge >= 0.3 is 0 Å². The van der Waals surface area contributed by atoms with Crippen LogP contribution in [0.15, 0.2) is 65.6 Å². The lowest BCUT2D eigenvalue weighted by molar-refractivity contribution is -0.132. The lowest BCUT2D eigenvalue weighted by Crippen LogP contribution is -2.53. The van der Waals surface area contributed by atoms with Crippen molar-refractivity contribution in [3.63, 3.8) is 0 Å². The molecule has 0 radical (unpaired) electrons. The summed E-state index contributed by atoms with van der Waals surface area (Å²) in [6.45, 7) is 4.70. The van der Waals surface area contributed by atoms with Gasteiger partial charge in [0.25, 0.3) is 11.5 Å². The van der Waals surface area contributed by atoms with Gasteiger partial charge in [-0.25, -0.2) is 9.67 Å². The Morgan fingerprint density at radius 3 is 2.56 bits per heavy atom. The molecule has 0 spiro atoms. The number of aliphatic hydroxyl groups is 1. The predicted octanol–water partition coefficient (Wildman–Crippen LogP) is 3.80. The van der Waals surface area contributed by atoms with Crippen molar-refractivity contribution in [1.82, 2.24) is 25.0 Å². The van der Waals surface area contributed by atoms with E-state index in [-0.39, 0.29) is 17.5 Å². The van der Waals surface area contributed by atoms with Gasteiger partial charge in [0.15, 0.2) is 0 Å². The molecule has 12 heteroatoms. The zero-order valence-electron chi connectivity index (χ0n) is 25.5. The van der Waals surface area contributed by atoms with Crippen molar-refractivity contribution in [2.45, 2.75) is 39.0 Å². The molecule has 5 rings (SSSR count). The number of nitrogens with one attached hydrogen (secondary N) is 2. The lowest BCUT2D eigenvalue weighted by atomic mass is 9.96. The van der Waals surface area contributed by atoms with Gasteiger partial charge in [-0.15, -0.1) is 0 Å². The molecule has 1 aliphatic rings. The smallest absolute Gasteiger partial charge is 0.279 e. The van der Waals surface area contributed by atoms with Gasteiger partial charge in [0.05, 0.1) is 23.9 Å². The van der Waals surface area contributed by atoms with Gasteiger partial charge in [0, 0.05) is 68.2 Å². The van der Waals surface area contributed by atoms with Crippen LogP contribution < -0.4 is 20.9 Å². The summed E-state index contributed by atoms with van der Waals surface area (Å²) in [6.07, 6.45) is 1.38. The van der Waals surface area contributed by atoms with E-state index < -0.39 is 17.6 Å². The fraction of sp³-hybridized carbons (Fsp3) is 0.303. The van der Waals surface area contributed by atoms with Crippen molar-refractivity contribution in [2.24, 2.45) is 7.05 Å². The number of aryl methyl sites for hydroxylation is 1. The Kier molecular flexibility index (Phi) is 9.62. The fourth-order valence-electron chi connectivity index (χ4n) is 5.50. The van der Waals surface area contributed by atoms with Crippen LogP contribution in [0.5, 0.6) is 5.88 Å². The molecule has 2 aromatic carbocycles. The van der Waals surface area contributed by atoms with Crippen LogP contribution in [-0.2, 0) is 18.4 Å². The molecule has 234 valence electrons. The quantitative estimate of drug-likeness (QED) is 0.267. The summed E-state index contributed by atoms with van der Waals surface area (Å²) in [6, 6.07) is 16.2. The number of carbonyl (C=O) groups excluding carboxylic acids is 2. The number of hydrogen-bond donors (Lipinski definition) is 3. The molecule has 2 aromatic heterocycles. The highest BCUT2D eigenvalue weighted by molar-refractivity contribution is 6.36. The van der Waals surface area contributed by atoms with Crippen LogP contribution in [0.3, 0.4) is 0 Å². The number of halogens is 1. The third kappa shape index (κ3) is 6.75. The van der Waals surface area contributed by atoms with Gasteiger partial charge in [-0.1, -0.05) is 48.0 Å². The van der Waals surface area contributed by atoms with Crippen molar-refractivity contribution in [1.29, 1.82) is 0 Å². The van der Waals surface area contributed by atoms with E-state index in [2.05, 4.69) is 15.7 Å². The molecule has 2 amide bonds. The number of likely N-dealkylation sites (tertiary alicyclic amines) is 1. The zero-order chi connectivity index (χ0) is 32.2. The molecule has 1 aliphatic heterocycles. The standard InChI is InChI=1S/C33H35ClN6O5/c1-19-22(7-6-10-26(19)37-31(43)25-13-15-36-39(3)33(25)44)23-8-5-9-24(30(23)34)27-12-11-21(32(38-27)45-4)17-35-28-14-16-40(20(2)41)18-29(28)42/h5-13,15,28-29,35,42H,14,16-18H2,1-4H3,(H,37,43)/t28?,29-/m0/s1. The average Bonchev–Trinajstić information content (AvgIpc) is 3.03. The van der Waals surface area contributed by atoms with Crippen molar-refractivity contribution < 1.29 is 19.4 Å². The summed E-state index contributed by atoms with van der Waals surface area (Å²) >= 11 is 7.00. The number of pyridine rings is 1. The monoisotopic (exact) mass is 630 g/mol. The van der Waals surface area contributed by atoms with Crippen molar-refractivity contribution >= 4 is 29.1 Å². The first-order valence-corrected chi connectivity index (χ1v) is 14.9. The third-order valence-electron chi connectivity index (χ3n) is 8.11. The molecule has 3 N–H and O–H groups in total. The Hall–Kier alpha value is -4.58. The topological polar surface area (TPSA) is 139 Å². The maximum Gasteiger partial charge on any atom is 0.279 e. The molecule has 45 heavy (non-hydrogen) atoms. The number of rotatable bonds is 8. The number of ether oxygens (including phenoxy) is 1. The van der Waals surface area contributed by atoms with Gasteiger partial charge in [-0.3, -0.25) is 14.4 Å².